The number of ether oxygens (including phenoxy) is 2. The topological polar surface area (TPSA) is 216 Å². The molecule has 5 N–H and O–H groups in total. The van der Waals surface area contributed by atoms with E-state index in [1.54, 1.807) is 18.2 Å². The number of fused-ring (bicyclic) bond motifs is 3. The van der Waals surface area contributed by atoms with Crippen molar-refractivity contribution in [2.75, 3.05) is 38.2 Å². The molecule has 0 radical (unpaired) electrons. The molecule has 0 aliphatic carbocycles. The van der Waals surface area contributed by atoms with Crippen LogP contribution in [0, 0.1) is 12.8 Å². The first-order chi connectivity index (χ1) is 28.6. The average Bonchev–Trinajstić information content (AvgIpc) is 3.63. The number of aryl methyl sites for hydroxylation is 2. The number of aliphatic hydroxyl groups is 1. The van der Waals surface area contributed by atoms with Crippen molar-refractivity contribution >= 4 is 47.2 Å². The van der Waals surface area contributed by atoms with Crippen LogP contribution in [0.15, 0.2) is 48.5 Å². The molecule has 4 aliphatic heterocycles. The maximum absolute atomic E-state index is 14.9. The second-order valence-corrected chi connectivity index (χ2v) is 16.5. The molecule has 0 bridgehead atoms. The van der Waals surface area contributed by atoms with E-state index in [2.05, 4.69) is 21.3 Å². The third kappa shape index (κ3) is 10.2. The van der Waals surface area contributed by atoms with Gasteiger partial charge in [-0.15, -0.1) is 0 Å². The summed E-state index contributed by atoms with van der Waals surface area (Å²) in [5.74, 6) is -4.27. The Hall–Kier alpha value is -5.55. The Morgan fingerprint density at radius 2 is 1.62 bits per heavy atom. The van der Waals surface area contributed by atoms with E-state index in [1.165, 1.54) is 28.5 Å². The fourth-order valence-electron chi connectivity index (χ4n) is 8.44. The minimum Gasteiger partial charge on any atom is -0.458 e. The Kier molecular flexibility index (Phi) is 14.1. The molecule has 60 heavy (non-hydrogen) atoms. The first-order valence-corrected chi connectivity index (χ1v) is 20.8. The van der Waals surface area contributed by atoms with Crippen LogP contribution >= 0.6 is 0 Å². The van der Waals surface area contributed by atoms with Gasteiger partial charge in [0, 0.05) is 31.7 Å². The molecule has 17 heteroatoms. The largest absolute Gasteiger partial charge is 0.458 e. The maximum Gasteiger partial charge on any atom is 0.329 e. The molecule has 4 aliphatic rings. The SMILES string of the molecule is CCc1ccc(NC(=O)N[C@@H](Cc2cccc(C)c2)C(=O)N[C@@H]2C(=O)N3C[C@H](O)CC[C@H]3C(=O)N3CCOC[C@H]3C(=O)N[C@@H](C)C(=O)N3C[C@H](C)C[C@H]3C(=O)O[C@H]2C)cc1. The van der Waals surface area contributed by atoms with E-state index >= 15 is 0 Å². The molecule has 2 aromatic carbocycles. The summed E-state index contributed by atoms with van der Waals surface area (Å²) in [4.78, 5) is 103. The van der Waals surface area contributed by atoms with Crippen molar-refractivity contribution in [1.82, 2.24) is 30.7 Å². The molecule has 0 spiro atoms. The third-order valence-electron chi connectivity index (χ3n) is 11.7. The molecule has 4 saturated heterocycles. The highest BCUT2D eigenvalue weighted by atomic mass is 16.5. The van der Waals surface area contributed by atoms with Crippen LogP contribution in [-0.4, -0.2) is 143 Å². The lowest BCUT2D eigenvalue weighted by Crippen LogP contribution is -2.66. The summed E-state index contributed by atoms with van der Waals surface area (Å²) in [5.41, 5.74) is 3.20. The van der Waals surface area contributed by atoms with E-state index in [9.17, 15) is 38.7 Å². The molecule has 0 aromatic heterocycles. The lowest BCUT2D eigenvalue weighted by Gasteiger charge is -2.44. The number of benzene rings is 2. The molecule has 4 heterocycles. The first kappa shape index (κ1) is 44.0. The van der Waals surface area contributed by atoms with E-state index in [0.717, 1.165) is 23.1 Å². The number of amides is 7. The summed E-state index contributed by atoms with van der Waals surface area (Å²) in [7, 11) is 0. The van der Waals surface area contributed by atoms with Crippen LogP contribution in [0.4, 0.5) is 10.5 Å². The van der Waals surface area contributed by atoms with Gasteiger partial charge in [-0.2, -0.15) is 0 Å². The van der Waals surface area contributed by atoms with E-state index in [0.29, 0.717) is 5.69 Å². The van der Waals surface area contributed by atoms with Gasteiger partial charge in [0.1, 0.15) is 42.4 Å². The number of nitrogens with one attached hydrogen (secondary N) is 4. The van der Waals surface area contributed by atoms with E-state index in [4.69, 9.17) is 9.47 Å². The van der Waals surface area contributed by atoms with Crippen molar-refractivity contribution in [2.24, 2.45) is 5.92 Å². The van der Waals surface area contributed by atoms with Crippen molar-refractivity contribution < 1.29 is 48.1 Å². The number of carbonyl (C=O) groups excluding carboxylic acids is 7. The fourth-order valence-corrected chi connectivity index (χ4v) is 8.44. The van der Waals surface area contributed by atoms with E-state index < -0.39 is 90.0 Å². The minimum absolute atomic E-state index is 0.0179. The Morgan fingerprint density at radius 3 is 2.33 bits per heavy atom. The number of aliphatic hydroxyl groups excluding tert-OH is 1. The van der Waals surface area contributed by atoms with Crippen molar-refractivity contribution in [2.45, 2.75) is 115 Å². The van der Waals surface area contributed by atoms with E-state index in [-0.39, 0.29) is 64.4 Å². The molecule has 324 valence electrons. The molecule has 2 aromatic rings. The highest BCUT2D eigenvalue weighted by molar-refractivity contribution is 5.98. The van der Waals surface area contributed by atoms with Crippen LogP contribution in [0.3, 0.4) is 0 Å². The van der Waals surface area contributed by atoms with Gasteiger partial charge in [-0.05, 0) is 75.6 Å². The summed E-state index contributed by atoms with van der Waals surface area (Å²) >= 11 is 0. The Morgan fingerprint density at radius 1 is 0.883 bits per heavy atom. The highest BCUT2D eigenvalue weighted by Crippen LogP contribution is 2.28. The standard InChI is InChI=1S/C43H57N7O10/c1-6-28-10-12-30(13-11-28)45-43(58)46-32(20-29-9-7-8-24(2)18-29)37(52)47-36-27(5)60-42(57)34-19-25(3)21-49(34)39(54)26(4)44-38(53)35-23-59-17-16-48(35)40(55)33-15-14-31(51)22-50(33)41(36)56/h7-13,18,25-27,31-36,51H,6,14-17,19-23H2,1-5H3,(H,44,53)(H,47,52)(H2,45,46,58)/t25-,26+,27+,31-,32+,33+,34+,35+,36+/m1/s1. The number of nitrogens with zero attached hydrogens (tertiary/aromatic N) is 3. The van der Waals surface area contributed by atoms with Crippen LogP contribution < -0.4 is 21.3 Å². The number of carbonyl (C=O) groups is 7. The molecule has 7 amide bonds. The third-order valence-corrected chi connectivity index (χ3v) is 11.7. The van der Waals surface area contributed by atoms with Crippen molar-refractivity contribution in [3.63, 3.8) is 0 Å². The lowest BCUT2D eigenvalue weighted by atomic mass is 9.95. The summed E-state index contributed by atoms with van der Waals surface area (Å²) < 4.78 is 11.6. The summed E-state index contributed by atoms with van der Waals surface area (Å²) in [6.07, 6.45) is -1.10. The lowest BCUT2D eigenvalue weighted by molar-refractivity contribution is -0.166. The highest BCUT2D eigenvalue weighted by Gasteiger charge is 2.48. The number of piperidine rings is 1. The van der Waals surface area contributed by atoms with Gasteiger partial charge in [0.2, 0.25) is 29.5 Å². The number of cyclic esters (lactones) is 1. The number of urea groups is 1. The molecular formula is C43H57N7O10. The normalized spacial score (nSPS) is 28.4. The van der Waals surface area contributed by atoms with Gasteiger partial charge in [0.25, 0.3) is 0 Å². The summed E-state index contributed by atoms with van der Waals surface area (Å²) in [5, 5.41) is 21.8. The van der Waals surface area contributed by atoms with E-state index in [1.807, 2.05) is 51.1 Å². The Balaban J connectivity index is 1.35. The predicted molar refractivity (Wildman–Crippen MR) is 218 cm³/mol. The second-order valence-electron chi connectivity index (χ2n) is 16.5. The zero-order valence-corrected chi connectivity index (χ0v) is 34.8. The molecule has 6 rings (SSSR count). The molecule has 9 atom stereocenters. The number of hydrogen-bond acceptors (Lipinski definition) is 10. The predicted octanol–water partition coefficient (Wildman–Crippen LogP) is 1.04. The van der Waals surface area contributed by atoms with Gasteiger partial charge >= 0.3 is 12.0 Å². The number of morpholine rings is 1. The van der Waals surface area contributed by atoms with Crippen molar-refractivity contribution in [3.05, 3.63) is 65.2 Å². The molecule has 0 unspecified atom stereocenters. The minimum atomic E-state index is -1.62. The van der Waals surface area contributed by atoms with Crippen LogP contribution in [-0.2, 0) is 51.1 Å². The Labute approximate surface area is 349 Å². The van der Waals surface area contributed by atoms with Gasteiger partial charge in [-0.3, -0.25) is 24.0 Å². The zero-order chi connectivity index (χ0) is 43.2. The summed E-state index contributed by atoms with van der Waals surface area (Å²) in [6, 6.07) is 6.67. The van der Waals surface area contributed by atoms with Crippen LogP contribution in [0.25, 0.3) is 0 Å². The van der Waals surface area contributed by atoms with Crippen LogP contribution in [0.1, 0.15) is 63.6 Å². The summed E-state index contributed by atoms with van der Waals surface area (Å²) in [6.45, 7) is 8.63. The number of anilines is 1. The van der Waals surface area contributed by atoms with Gasteiger partial charge in [-0.25, -0.2) is 9.59 Å². The first-order valence-electron chi connectivity index (χ1n) is 20.8. The van der Waals surface area contributed by atoms with Gasteiger partial charge in [0.05, 0.1) is 19.3 Å². The maximum atomic E-state index is 14.9. The monoisotopic (exact) mass is 831 g/mol. The van der Waals surface area contributed by atoms with Crippen LogP contribution in [0.5, 0.6) is 0 Å². The molecule has 4 fully saturated rings. The second kappa shape index (κ2) is 19.2. The number of esters is 1. The van der Waals surface area contributed by atoms with Gasteiger partial charge in [0.15, 0.2) is 0 Å². The van der Waals surface area contributed by atoms with Gasteiger partial charge < -0.3 is 50.5 Å². The van der Waals surface area contributed by atoms with Crippen LogP contribution in [0.2, 0.25) is 0 Å². The molecule has 17 nitrogen and oxygen atoms in total. The number of rotatable bonds is 7. The Bertz CT molecular complexity index is 1940. The average molecular weight is 832 g/mol. The van der Waals surface area contributed by atoms with Gasteiger partial charge in [-0.1, -0.05) is 55.8 Å². The quantitative estimate of drug-likeness (QED) is 0.250. The fraction of sp³-hybridized carbons (Fsp3) is 0.558. The molecule has 0 saturated carbocycles. The smallest absolute Gasteiger partial charge is 0.329 e. The molecular weight excluding hydrogens is 775 g/mol. The van der Waals surface area contributed by atoms with Crippen molar-refractivity contribution in [3.8, 4) is 0 Å². The number of hydrogen-bond donors (Lipinski definition) is 5. The zero-order valence-electron chi connectivity index (χ0n) is 34.8. The van der Waals surface area contributed by atoms with Crippen molar-refractivity contribution in [1.29, 1.82) is 0 Å².